The van der Waals surface area contributed by atoms with Crippen molar-refractivity contribution in [3.05, 3.63) is 64.2 Å². The van der Waals surface area contributed by atoms with E-state index < -0.39 is 0 Å². The van der Waals surface area contributed by atoms with Crippen molar-refractivity contribution in [2.45, 2.75) is 27.7 Å². The lowest BCUT2D eigenvalue weighted by Gasteiger charge is -2.14. The lowest BCUT2D eigenvalue weighted by Crippen LogP contribution is -2.27. The average molecular weight is 395 g/mol. The number of allylic oxidation sites excluding steroid dienone is 1. The highest BCUT2D eigenvalue weighted by Gasteiger charge is 2.11. The van der Waals surface area contributed by atoms with E-state index in [1.165, 1.54) is 10.5 Å². The van der Waals surface area contributed by atoms with Crippen molar-refractivity contribution in [1.82, 2.24) is 4.90 Å². The van der Waals surface area contributed by atoms with Crippen molar-refractivity contribution in [1.29, 1.82) is 0 Å². The highest BCUT2D eigenvalue weighted by molar-refractivity contribution is 6.08. The highest BCUT2D eigenvalue weighted by Crippen LogP contribution is 2.29. The highest BCUT2D eigenvalue weighted by atomic mass is 16.5. The van der Waals surface area contributed by atoms with Crippen LogP contribution in [-0.2, 0) is 4.79 Å². The van der Waals surface area contributed by atoms with E-state index in [0.29, 0.717) is 23.7 Å². The molecule has 2 aromatic carbocycles. The fourth-order valence-corrected chi connectivity index (χ4v) is 2.77. The van der Waals surface area contributed by atoms with Crippen LogP contribution in [0.1, 0.15) is 39.5 Å². The maximum Gasteiger partial charge on any atom is 0.259 e. The molecule has 0 saturated carbocycles. The lowest BCUT2D eigenvalue weighted by molar-refractivity contribution is -0.130. The van der Waals surface area contributed by atoms with Gasteiger partial charge in [-0.2, -0.15) is 0 Å². The number of benzene rings is 2. The number of aryl methyl sites for hydroxylation is 3. The van der Waals surface area contributed by atoms with Gasteiger partial charge in [0.15, 0.2) is 23.9 Å². The number of carbonyl (C=O) groups is 2. The number of hydrogen-bond donors (Lipinski definition) is 0. The summed E-state index contributed by atoms with van der Waals surface area (Å²) in [5.41, 5.74) is 4.76. The first-order valence-corrected chi connectivity index (χ1v) is 9.63. The van der Waals surface area contributed by atoms with Crippen LogP contribution >= 0.6 is 0 Å². The van der Waals surface area contributed by atoms with Crippen molar-refractivity contribution >= 4 is 17.8 Å². The topological polar surface area (TPSA) is 55.8 Å². The van der Waals surface area contributed by atoms with Crippen LogP contribution in [0, 0.1) is 20.8 Å². The van der Waals surface area contributed by atoms with E-state index in [4.69, 9.17) is 9.47 Å². The molecule has 0 aromatic heterocycles. The van der Waals surface area contributed by atoms with Gasteiger partial charge in [0.25, 0.3) is 5.91 Å². The van der Waals surface area contributed by atoms with Gasteiger partial charge < -0.3 is 14.4 Å². The number of likely N-dealkylation sites (N-methyl/N-ethyl adjacent to an activating group) is 1. The van der Waals surface area contributed by atoms with Crippen molar-refractivity contribution in [2.24, 2.45) is 0 Å². The number of ether oxygens (including phenoxy) is 2. The molecule has 0 saturated heterocycles. The van der Waals surface area contributed by atoms with Gasteiger partial charge in [0, 0.05) is 19.7 Å². The molecule has 5 heteroatoms. The SMILES string of the molecule is CCOc1cc(/C=C/C(=O)c2cc(C)c(C)cc2C)ccc1OCC(=O)N(C)C. The molecule has 29 heavy (non-hydrogen) atoms. The van der Waals surface area contributed by atoms with Gasteiger partial charge >= 0.3 is 0 Å². The number of nitrogens with zero attached hydrogens (tertiary/aromatic N) is 1. The molecule has 154 valence electrons. The monoisotopic (exact) mass is 395 g/mol. The van der Waals surface area contributed by atoms with Crippen molar-refractivity contribution in [3.8, 4) is 11.5 Å². The minimum absolute atomic E-state index is 0.0412. The van der Waals surface area contributed by atoms with E-state index in [1.54, 1.807) is 38.4 Å². The quantitative estimate of drug-likeness (QED) is 0.492. The Hall–Kier alpha value is -3.08. The Kier molecular flexibility index (Phi) is 7.59. The molecule has 0 unspecified atom stereocenters. The van der Waals surface area contributed by atoms with Crippen LogP contribution in [0.25, 0.3) is 6.08 Å². The van der Waals surface area contributed by atoms with Gasteiger partial charge in [-0.25, -0.2) is 0 Å². The zero-order chi connectivity index (χ0) is 21.6. The Bertz CT molecular complexity index is 929. The summed E-state index contributed by atoms with van der Waals surface area (Å²) in [6.45, 7) is 8.27. The Labute approximate surface area is 172 Å². The molecule has 1 amide bonds. The standard InChI is InChI=1S/C24H29NO4/c1-7-28-23-14-19(9-11-22(23)29-15-24(27)25(5)6)8-10-21(26)20-13-17(3)16(2)12-18(20)4/h8-14H,7,15H2,1-6H3/b10-8+. The third kappa shape index (κ3) is 5.95. The molecular formula is C24H29NO4. The van der Waals surface area contributed by atoms with E-state index in [1.807, 2.05) is 45.9 Å². The minimum Gasteiger partial charge on any atom is -0.490 e. The Balaban J connectivity index is 2.20. The van der Waals surface area contributed by atoms with Crippen LogP contribution in [0.15, 0.2) is 36.4 Å². The molecular weight excluding hydrogens is 366 g/mol. The summed E-state index contributed by atoms with van der Waals surface area (Å²) in [6.07, 6.45) is 3.33. The Morgan fingerprint density at radius 3 is 2.28 bits per heavy atom. The molecule has 2 aromatic rings. The summed E-state index contributed by atoms with van der Waals surface area (Å²) in [4.78, 5) is 25.9. The first kappa shape index (κ1) is 22.2. The van der Waals surface area contributed by atoms with Crippen LogP contribution in [0.3, 0.4) is 0 Å². The zero-order valence-electron chi connectivity index (χ0n) is 18.0. The number of ketones is 1. The van der Waals surface area contributed by atoms with Crippen molar-refractivity contribution in [2.75, 3.05) is 27.3 Å². The number of carbonyl (C=O) groups excluding carboxylic acids is 2. The first-order chi connectivity index (χ1) is 13.7. The summed E-state index contributed by atoms with van der Waals surface area (Å²) in [6, 6.07) is 9.34. The molecule has 2 rings (SSSR count). The molecule has 0 aliphatic heterocycles. The average Bonchev–Trinajstić information content (AvgIpc) is 2.68. The fraction of sp³-hybridized carbons (Fsp3) is 0.333. The third-order valence-electron chi connectivity index (χ3n) is 4.65. The molecule has 0 N–H and O–H groups in total. The van der Waals surface area contributed by atoms with Gasteiger partial charge in [-0.1, -0.05) is 18.2 Å². The maximum absolute atomic E-state index is 12.6. The van der Waals surface area contributed by atoms with Crippen LogP contribution in [0.2, 0.25) is 0 Å². The number of hydrogen-bond acceptors (Lipinski definition) is 4. The largest absolute Gasteiger partial charge is 0.490 e. The molecule has 0 aliphatic carbocycles. The second-order valence-corrected chi connectivity index (χ2v) is 7.16. The van der Waals surface area contributed by atoms with E-state index in [0.717, 1.165) is 16.7 Å². The lowest BCUT2D eigenvalue weighted by atomic mass is 9.97. The summed E-state index contributed by atoms with van der Waals surface area (Å²) in [7, 11) is 3.36. The molecule has 0 bridgehead atoms. The molecule has 0 spiro atoms. The summed E-state index contributed by atoms with van der Waals surface area (Å²) in [5.74, 6) is 0.859. The van der Waals surface area contributed by atoms with Crippen LogP contribution in [-0.4, -0.2) is 43.9 Å². The summed E-state index contributed by atoms with van der Waals surface area (Å²) in [5, 5.41) is 0. The second-order valence-electron chi connectivity index (χ2n) is 7.16. The zero-order valence-corrected chi connectivity index (χ0v) is 18.0. The predicted octanol–water partition coefficient (Wildman–Crippen LogP) is 4.37. The van der Waals surface area contributed by atoms with Crippen LogP contribution in [0.4, 0.5) is 0 Å². The van der Waals surface area contributed by atoms with Gasteiger partial charge in [0.1, 0.15) is 0 Å². The molecule has 0 heterocycles. The van der Waals surface area contributed by atoms with E-state index in [-0.39, 0.29) is 18.3 Å². The van der Waals surface area contributed by atoms with Crippen LogP contribution < -0.4 is 9.47 Å². The van der Waals surface area contributed by atoms with E-state index in [9.17, 15) is 9.59 Å². The summed E-state index contributed by atoms with van der Waals surface area (Å²) >= 11 is 0. The molecule has 5 nitrogen and oxygen atoms in total. The fourth-order valence-electron chi connectivity index (χ4n) is 2.77. The van der Waals surface area contributed by atoms with Crippen molar-refractivity contribution < 1.29 is 19.1 Å². The smallest absolute Gasteiger partial charge is 0.259 e. The molecule has 0 aliphatic rings. The molecule has 0 fully saturated rings. The van der Waals surface area contributed by atoms with Gasteiger partial charge in [-0.3, -0.25) is 9.59 Å². The first-order valence-electron chi connectivity index (χ1n) is 9.63. The Morgan fingerprint density at radius 2 is 1.62 bits per heavy atom. The van der Waals surface area contributed by atoms with Crippen LogP contribution in [0.5, 0.6) is 11.5 Å². The second kappa shape index (κ2) is 9.92. The molecule has 0 radical (unpaired) electrons. The molecule has 0 atom stereocenters. The normalized spacial score (nSPS) is 10.8. The van der Waals surface area contributed by atoms with Gasteiger partial charge in [-0.05, 0) is 74.2 Å². The van der Waals surface area contributed by atoms with E-state index >= 15 is 0 Å². The van der Waals surface area contributed by atoms with Crippen molar-refractivity contribution in [3.63, 3.8) is 0 Å². The minimum atomic E-state index is -0.134. The summed E-state index contributed by atoms with van der Waals surface area (Å²) < 4.78 is 11.2. The third-order valence-corrected chi connectivity index (χ3v) is 4.65. The number of amides is 1. The van der Waals surface area contributed by atoms with Gasteiger partial charge in [0.05, 0.1) is 6.61 Å². The predicted molar refractivity (Wildman–Crippen MR) is 116 cm³/mol. The van der Waals surface area contributed by atoms with Gasteiger partial charge in [-0.15, -0.1) is 0 Å². The maximum atomic E-state index is 12.6. The number of rotatable bonds is 8. The van der Waals surface area contributed by atoms with E-state index in [2.05, 4.69) is 0 Å². The van der Waals surface area contributed by atoms with Gasteiger partial charge in [0.2, 0.25) is 0 Å². The Morgan fingerprint density at radius 1 is 0.931 bits per heavy atom.